The summed E-state index contributed by atoms with van der Waals surface area (Å²) in [7, 11) is 0. The molecular formula is C53H56O13. The van der Waals surface area contributed by atoms with Crippen molar-refractivity contribution in [2.24, 2.45) is 11.8 Å². The summed E-state index contributed by atoms with van der Waals surface area (Å²) in [5.74, 6) is -5.33. The number of ether oxygens (including phenoxy) is 6. The van der Waals surface area contributed by atoms with Gasteiger partial charge in [0, 0.05) is 18.6 Å². The first-order valence-corrected chi connectivity index (χ1v) is 21.9. The van der Waals surface area contributed by atoms with Crippen LogP contribution < -0.4 is 4.74 Å². The number of fused-ring (bicyclic) bond motifs is 3. The van der Waals surface area contributed by atoms with Crippen molar-refractivity contribution >= 4 is 29.8 Å². The number of allylic oxidation sites excluding steroid dienone is 2. The second-order valence-electron chi connectivity index (χ2n) is 16.8. The second kappa shape index (κ2) is 21.9. The van der Waals surface area contributed by atoms with Gasteiger partial charge in [0.1, 0.15) is 31.7 Å². The SMILES string of the molecule is C=CC(=O)OCC(COC(C)(C)c1ccc(C2(c3ccc(OCC(COC(=O)C=C)OC(C)CCC(=O)O)cc3)c3ccccc3-c3ccccc32)cc1)OC(=O)C1CC=CCC1C(=O)O. The molecule has 0 saturated carbocycles. The van der Waals surface area contributed by atoms with Crippen molar-refractivity contribution in [3.05, 3.63) is 162 Å². The Hall–Kier alpha value is -6.83. The van der Waals surface area contributed by atoms with Gasteiger partial charge in [0.25, 0.3) is 0 Å². The first-order valence-electron chi connectivity index (χ1n) is 21.9. The van der Waals surface area contributed by atoms with Crippen LogP contribution in [0.2, 0.25) is 0 Å². The van der Waals surface area contributed by atoms with Crippen molar-refractivity contribution in [2.75, 3.05) is 26.4 Å². The molecule has 0 bridgehead atoms. The van der Waals surface area contributed by atoms with Crippen molar-refractivity contribution in [1.29, 1.82) is 0 Å². The monoisotopic (exact) mass is 900 g/mol. The van der Waals surface area contributed by atoms with E-state index in [1.54, 1.807) is 19.1 Å². The van der Waals surface area contributed by atoms with Gasteiger partial charge in [-0.25, -0.2) is 9.59 Å². The van der Waals surface area contributed by atoms with Crippen LogP contribution >= 0.6 is 0 Å². The van der Waals surface area contributed by atoms with E-state index in [9.17, 15) is 29.1 Å². The van der Waals surface area contributed by atoms with Gasteiger partial charge in [0.2, 0.25) is 0 Å². The van der Waals surface area contributed by atoms with Crippen molar-refractivity contribution in [2.45, 2.75) is 75.8 Å². The molecule has 4 aromatic rings. The fourth-order valence-corrected chi connectivity index (χ4v) is 8.55. The Bertz CT molecular complexity index is 2370. The lowest BCUT2D eigenvalue weighted by Crippen LogP contribution is -2.38. The third-order valence-corrected chi connectivity index (χ3v) is 12.0. The highest BCUT2D eigenvalue weighted by Crippen LogP contribution is 2.56. The summed E-state index contributed by atoms with van der Waals surface area (Å²) in [6.07, 6.45) is 4.05. The lowest BCUT2D eigenvalue weighted by molar-refractivity contribution is -0.173. The second-order valence-corrected chi connectivity index (χ2v) is 16.8. The van der Waals surface area contributed by atoms with Gasteiger partial charge in [-0.3, -0.25) is 14.4 Å². The molecule has 5 atom stereocenters. The van der Waals surface area contributed by atoms with E-state index >= 15 is 0 Å². The molecule has 2 N–H and O–H groups in total. The van der Waals surface area contributed by atoms with E-state index in [-0.39, 0.29) is 52.1 Å². The summed E-state index contributed by atoms with van der Waals surface area (Å²) in [6, 6.07) is 32.6. The predicted molar refractivity (Wildman–Crippen MR) is 245 cm³/mol. The largest absolute Gasteiger partial charge is 0.491 e. The zero-order valence-electron chi connectivity index (χ0n) is 37.4. The molecule has 0 aliphatic heterocycles. The van der Waals surface area contributed by atoms with E-state index in [1.165, 1.54) is 0 Å². The van der Waals surface area contributed by atoms with E-state index in [4.69, 9.17) is 33.5 Å². The lowest BCUT2D eigenvalue weighted by Gasteiger charge is -2.35. The van der Waals surface area contributed by atoms with Crippen LogP contribution in [0.3, 0.4) is 0 Å². The van der Waals surface area contributed by atoms with Crippen LogP contribution in [0.5, 0.6) is 5.75 Å². The molecule has 2 aliphatic carbocycles. The van der Waals surface area contributed by atoms with Crippen molar-refractivity contribution < 1.29 is 62.6 Å². The molecule has 0 radical (unpaired) electrons. The van der Waals surface area contributed by atoms with Gasteiger partial charge in [-0.1, -0.05) is 110 Å². The molecule has 0 heterocycles. The van der Waals surface area contributed by atoms with E-state index in [0.717, 1.165) is 51.1 Å². The van der Waals surface area contributed by atoms with Crippen molar-refractivity contribution in [3.63, 3.8) is 0 Å². The minimum absolute atomic E-state index is 0.0315. The quantitative estimate of drug-likeness (QED) is 0.0277. The van der Waals surface area contributed by atoms with Gasteiger partial charge in [-0.05, 0) is 91.1 Å². The Balaban J connectivity index is 1.26. The summed E-state index contributed by atoms with van der Waals surface area (Å²) in [6.45, 7) is 11.9. The average molecular weight is 901 g/mol. The highest BCUT2D eigenvalue weighted by Gasteiger charge is 2.46. The Morgan fingerprint density at radius 3 is 1.79 bits per heavy atom. The number of benzene rings is 4. The molecule has 346 valence electrons. The fourth-order valence-electron chi connectivity index (χ4n) is 8.55. The number of hydrogen-bond acceptors (Lipinski definition) is 11. The number of aliphatic carboxylic acids is 2. The van der Waals surface area contributed by atoms with E-state index < -0.39 is 71.0 Å². The minimum Gasteiger partial charge on any atom is -0.491 e. The third-order valence-electron chi connectivity index (χ3n) is 12.0. The third kappa shape index (κ3) is 11.3. The van der Waals surface area contributed by atoms with Crippen LogP contribution in [0.15, 0.2) is 135 Å². The topological polar surface area (TPSA) is 181 Å². The maximum absolute atomic E-state index is 13.3. The molecule has 66 heavy (non-hydrogen) atoms. The molecule has 0 spiro atoms. The number of hydrogen-bond donors (Lipinski definition) is 2. The van der Waals surface area contributed by atoms with Gasteiger partial charge in [0.05, 0.1) is 35.6 Å². The highest BCUT2D eigenvalue weighted by molar-refractivity contribution is 5.86. The predicted octanol–water partition coefficient (Wildman–Crippen LogP) is 8.36. The van der Waals surface area contributed by atoms with Crippen LogP contribution in [-0.2, 0) is 58.7 Å². The first-order chi connectivity index (χ1) is 31.7. The van der Waals surface area contributed by atoms with Gasteiger partial charge < -0.3 is 38.6 Å². The number of rotatable bonds is 23. The molecule has 13 nitrogen and oxygen atoms in total. The van der Waals surface area contributed by atoms with Gasteiger partial charge in [0.15, 0.2) is 6.10 Å². The van der Waals surface area contributed by atoms with Gasteiger partial charge in [-0.2, -0.15) is 0 Å². The molecule has 6 rings (SSSR count). The zero-order chi connectivity index (χ0) is 47.4. The van der Waals surface area contributed by atoms with Crippen LogP contribution in [0.1, 0.15) is 74.3 Å². The molecule has 13 heteroatoms. The molecule has 5 unspecified atom stereocenters. The summed E-state index contributed by atoms with van der Waals surface area (Å²) in [5.41, 5.74) is 5.47. The van der Waals surface area contributed by atoms with Crippen molar-refractivity contribution in [3.8, 4) is 16.9 Å². The average Bonchev–Trinajstić information content (AvgIpc) is 3.63. The molecule has 4 aromatic carbocycles. The molecule has 0 aromatic heterocycles. The van der Waals surface area contributed by atoms with Gasteiger partial charge in [-0.15, -0.1) is 0 Å². The summed E-state index contributed by atoms with van der Waals surface area (Å²) < 4.78 is 34.9. The summed E-state index contributed by atoms with van der Waals surface area (Å²) >= 11 is 0. The number of carboxylic acids is 2. The summed E-state index contributed by atoms with van der Waals surface area (Å²) in [4.78, 5) is 60.3. The van der Waals surface area contributed by atoms with E-state index in [2.05, 4.69) is 49.6 Å². The van der Waals surface area contributed by atoms with E-state index in [0.29, 0.717) is 5.75 Å². The molecule has 0 amide bonds. The molecular weight excluding hydrogens is 845 g/mol. The maximum atomic E-state index is 13.3. The Morgan fingerprint density at radius 2 is 1.24 bits per heavy atom. The van der Waals surface area contributed by atoms with Crippen LogP contribution in [0.4, 0.5) is 0 Å². The van der Waals surface area contributed by atoms with Crippen LogP contribution in [0.25, 0.3) is 11.1 Å². The van der Waals surface area contributed by atoms with E-state index in [1.807, 2.05) is 74.5 Å². The highest BCUT2D eigenvalue weighted by atomic mass is 16.6. The molecule has 0 fully saturated rings. The Morgan fingerprint density at radius 1 is 0.712 bits per heavy atom. The summed E-state index contributed by atoms with van der Waals surface area (Å²) in [5, 5.41) is 18.9. The van der Waals surface area contributed by atoms with Crippen LogP contribution in [0, 0.1) is 11.8 Å². The standard InChI is InChI=1S/C53H56O13/c1-6-48(56)62-31-39(65-34(3)20-29-47(54)55)30-61-38-27-25-37(26-28-38)53(45-18-12-10-14-41(45)42-15-11-13-19-46(42)53)36-23-21-35(22-24-36)52(4,5)64-33-40(32-63-49(57)7-2)66-51(60)44-17-9-8-16-43(44)50(58)59/h6-15,18-19,21-28,34,39-40,43-44H,1-2,16-17,20,29-33H2,3-5H3,(H,54,55)(H,58,59). The Kier molecular flexibility index (Phi) is 16.1. The first kappa shape index (κ1) is 48.6. The minimum atomic E-state index is -1.09. The Labute approximate surface area is 384 Å². The zero-order valence-corrected chi connectivity index (χ0v) is 37.4. The normalized spacial score (nSPS) is 17.2. The lowest BCUT2D eigenvalue weighted by atomic mass is 9.67. The number of carbonyl (C=O) groups excluding carboxylic acids is 3. The number of carbonyl (C=O) groups is 5. The molecule has 0 saturated heterocycles. The fraction of sp³-hybridized carbons (Fsp3) is 0.340. The molecule has 2 aliphatic rings. The maximum Gasteiger partial charge on any atom is 0.330 e. The number of carboxylic acid groups (broad SMARTS) is 2. The van der Waals surface area contributed by atoms with Gasteiger partial charge >= 0.3 is 29.8 Å². The van der Waals surface area contributed by atoms with Crippen molar-refractivity contribution in [1.82, 2.24) is 0 Å². The smallest absolute Gasteiger partial charge is 0.330 e. The number of esters is 3. The van der Waals surface area contributed by atoms with Crippen LogP contribution in [-0.4, -0.2) is 84.8 Å².